The molecular weight excluding hydrogens is 344 g/mol. The van der Waals surface area contributed by atoms with Crippen LogP contribution in [0.1, 0.15) is 0 Å². The monoisotopic (exact) mass is 358 g/mol. The van der Waals surface area contributed by atoms with Crippen LogP contribution in [0.2, 0.25) is 0 Å². The Hall–Kier alpha value is -0.340. The van der Waals surface area contributed by atoms with E-state index >= 15 is 0 Å². The molecule has 0 amide bonds. The van der Waals surface area contributed by atoms with Gasteiger partial charge in [0.1, 0.15) is 5.75 Å². The predicted molar refractivity (Wildman–Crippen MR) is 77.1 cm³/mol. The first-order valence-corrected chi connectivity index (χ1v) is 7.26. The highest BCUT2D eigenvalue weighted by atomic mass is 79.9. The van der Waals surface area contributed by atoms with E-state index in [-0.39, 0.29) is 17.3 Å². The van der Waals surface area contributed by atoms with Crippen molar-refractivity contribution in [2.24, 2.45) is 0 Å². The van der Waals surface area contributed by atoms with Gasteiger partial charge in [-0.15, -0.1) is 12.4 Å². The van der Waals surface area contributed by atoms with Crippen LogP contribution in [0.15, 0.2) is 27.6 Å². The van der Waals surface area contributed by atoms with E-state index in [1.54, 1.807) is 19.2 Å². The molecule has 0 aromatic heterocycles. The zero-order valence-corrected chi connectivity index (χ0v) is 13.3. The summed E-state index contributed by atoms with van der Waals surface area (Å²) in [5.74, 6) is 0.603. The van der Waals surface area contributed by atoms with Crippen LogP contribution in [0, 0.1) is 0 Å². The minimum Gasteiger partial charge on any atom is -0.497 e. The molecule has 0 radical (unpaired) electrons. The second kappa shape index (κ2) is 7.96. The van der Waals surface area contributed by atoms with E-state index in [0.717, 1.165) is 0 Å². The third-order valence-corrected chi connectivity index (χ3v) is 4.53. The molecule has 0 bridgehead atoms. The number of likely N-dealkylation sites (N-methyl/N-ethyl adjacent to an activating group) is 1. The zero-order chi connectivity index (χ0) is 12.9. The lowest BCUT2D eigenvalue weighted by atomic mass is 10.3. The van der Waals surface area contributed by atoms with Crippen LogP contribution in [0.3, 0.4) is 0 Å². The van der Waals surface area contributed by atoms with Gasteiger partial charge in [-0.3, -0.25) is 0 Å². The summed E-state index contributed by atoms with van der Waals surface area (Å²) < 4.78 is 31.8. The van der Waals surface area contributed by atoms with Crippen LogP contribution in [-0.4, -0.2) is 35.7 Å². The Morgan fingerprint density at radius 2 is 2.00 bits per heavy atom. The molecule has 1 rings (SSSR count). The molecule has 0 unspecified atom stereocenters. The van der Waals surface area contributed by atoms with Gasteiger partial charge in [-0.2, -0.15) is 0 Å². The fourth-order valence-electron chi connectivity index (χ4n) is 1.21. The van der Waals surface area contributed by atoms with Crippen molar-refractivity contribution in [1.82, 2.24) is 10.0 Å². The van der Waals surface area contributed by atoms with E-state index in [1.165, 1.54) is 13.2 Å². The van der Waals surface area contributed by atoms with Gasteiger partial charge in [0.2, 0.25) is 10.0 Å². The molecule has 18 heavy (non-hydrogen) atoms. The van der Waals surface area contributed by atoms with E-state index in [4.69, 9.17) is 4.74 Å². The molecule has 0 aliphatic heterocycles. The average Bonchev–Trinajstić information content (AvgIpc) is 2.28. The number of methoxy groups -OCH3 is 1. The average molecular weight is 360 g/mol. The first-order valence-electron chi connectivity index (χ1n) is 4.99. The molecule has 2 N–H and O–H groups in total. The minimum atomic E-state index is -3.48. The summed E-state index contributed by atoms with van der Waals surface area (Å²) in [6.07, 6.45) is 0. The fourth-order valence-corrected chi connectivity index (χ4v) is 3.30. The minimum absolute atomic E-state index is 0. The van der Waals surface area contributed by atoms with Crippen molar-refractivity contribution in [3.8, 4) is 5.75 Å². The molecule has 0 fully saturated rings. The quantitative estimate of drug-likeness (QED) is 0.753. The number of ether oxygens (including phenoxy) is 1. The third kappa shape index (κ3) is 4.74. The smallest absolute Gasteiger partial charge is 0.241 e. The molecule has 0 atom stereocenters. The number of benzene rings is 1. The topological polar surface area (TPSA) is 67.4 Å². The van der Waals surface area contributed by atoms with Gasteiger partial charge >= 0.3 is 0 Å². The van der Waals surface area contributed by atoms with Gasteiger partial charge in [0.25, 0.3) is 0 Å². The van der Waals surface area contributed by atoms with Gasteiger partial charge in [-0.1, -0.05) is 0 Å². The Bertz CT molecular complexity index is 482. The molecule has 0 aliphatic carbocycles. The summed E-state index contributed by atoms with van der Waals surface area (Å²) in [7, 11) is -0.190. The number of hydrogen-bond donors (Lipinski definition) is 2. The number of sulfonamides is 1. The van der Waals surface area contributed by atoms with E-state index in [0.29, 0.717) is 23.3 Å². The second-order valence-electron chi connectivity index (χ2n) is 3.30. The Labute approximate surface area is 122 Å². The maximum atomic E-state index is 11.9. The SMILES string of the molecule is CNCCNS(=O)(=O)c1ccc(OC)cc1Br.Cl. The number of rotatable bonds is 6. The fraction of sp³-hybridized carbons (Fsp3) is 0.400. The summed E-state index contributed by atoms with van der Waals surface area (Å²) in [5, 5.41) is 2.87. The van der Waals surface area contributed by atoms with Crippen molar-refractivity contribution in [2.45, 2.75) is 4.90 Å². The highest BCUT2D eigenvalue weighted by Crippen LogP contribution is 2.26. The zero-order valence-electron chi connectivity index (χ0n) is 10.1. The van der Waals surface area contributed by atoms with E-state index in [1.807, 2.05) is 0 Å². The van der Waals surface area contributed by atoms with Crippen molar-refractivity contribution in [3.63, 3.8) is 0 Å². The summed E-state index contributed by atoms with van der Waals surface area (Å²) in [5.41, 5.74) is 0. The largest absolute Gasteiger partial charge is 0.497 e. The maximum absolute atomic E-state index is 11.9. The van der Waals surface area contributed by atoms with Gasteiger partial charge in [-0.25, -0.2) is 13.1 Å². The number of halogens is 2. The van der Waals surface area contributed by atoms with Gasteiger partial charge in [0.05, 0.1) is 12.0 Å². The lowest BCUT2D eigenvalue weighted by molar-refractivity contribution is 0.414. The molecule has 0 saturated carbocycles. The highest BCUT2D eigenvalue weighted by Gasteiger charge is 2.17. The summed E-state index contributed by atoms with van der Waals surface area (Å²) >= 11 is 3.22. The van der Waals surface area contributed by atoms with E-state index < -0.39 is 10.0 Å². The van der Waals surface area contributed by atoms with Crippen molar-refractivity contribution < 1.29 is 13.2 Å². The highest BCUT2D eigenvalue weighted by molar-refractivity contribution is 9.10. The lowest BCUT2D eigenvalue weighted by Gasteiger charge is -2.09. The number of nitrogens with one attached hydrogen (secondary N) is 2. The van der Waals surface area contributed by atoms with E-state index in [9.17, 15) is 8.42 Å². The molecule has 1 aromatic rings. The van der Waals surface area contributed by atoms with Crippen LogP contribution >= 0.6 is 28.3 Å². The normalized spacial score (nSPS) is 10.8. The van der Waals surface area contributed by atoms with Crippen molar-refractivity contribution in [2.75, 3.05) is 27.2 Å². The van der Waals surface area contributed by atoms with Crippen LogP contribution in [-0.2, 0) is 10.0 Å². The van der Waals surface area contributed by atoms with Crippen LogP contribution in [0.25, 0.3) is 0 Å². The molecule has 0 spiro atoms. The Morgan fingerprint density at radius 1 is 1.33 bits per heavy atom. The first-order chi connectivity index (χ1) is 8.01. The third-order valence-electron chi connectivity index (χ3n) is 2.10. The number of hydrogen-bond acceptors (Lipinski definition) is 4. The van der Waals surface area contributed by atoms with Crippen LogP contribution < -0.4 is 14.8 Å². The first kappa shape index (κ1) is 17.7. The Morgan fingerprint density at radius 3 is 2.50 bits per heavy atom. The summed E-state index contributed by atoms with van der Waals surface area (Å²) in [4.78, 5) is 0.203. The van der Waals surface area contributed by atoms with Crippen LogP contribution in [0.5, 0.6) is 5.75 Å². The van der Waals surface area contributed by atoms with E-state index in [2.05, 4.69) is 26.0 Å². The summed E-state index contributed by atoms with van der Waals surface area (Å²) in [6, 6.07) is 4.73. The Kier molecular flexibility index (Phi) is 7.81. The predicted octanol–water partition coefficient (Wildman–Crippen LogP) is 1.38. The molecule has 104 valence electrons. The molecule has 5 nitrogen and oxygen atoms in total. The second-order valence-corrected chi connectivity index (χ2v) is 5.89. The molecule has 8 heteroatoms. The lowest BCUT2D eigenvalue weighted by Crippen LogP contribution is -2.30. The molecule has 0 saturated heterocycles. The van der Waals surface area contributed by atoms with Crippen molar-refractivity contribution in [1.29, 1.82) is 0 Å². The maximum Gasteiger partial charge on any atom is 0.241 e. The molecule has 0 aliphatic rings. The summed E-state index contributed by atoms with van der Waals surface area (Å²) in [6.45, 7) is 0.921. The molecular formula is C10H16BrClN2O3S. The van der Waals surface area contributed by atoms with Crippen LogP contribution in [0.4, 0.5) is 0 Å². The van der Waals surface area contributed by atoms with Gasteiger partial charge < -0.3 is 10.1 Å². The standard InChI is InChI=1S/C10H15BrN2O3S.ClH/c1-12-5-6-13-17(14,15)10-4-3-8(16-2)7-9(10)11;/h3-4,7,12-13H,5-6H2,1-2H3;1H. The van der Waals surface area contributed by atoms with Crippen molar-refractivity contribution in [3.05, 3.63) is 22.7 Å². The molecule has 0 heterocycles. The molecule has 1 aromatic carbocycles. The van der Waals surface area contributed by atoms with Crippen molar-refractivity contribution >= 4 is 38.4 Å². The van der Waals surface area contributed by atoms with Gasteiger partial charge in [0, 0.05) is 17.6 Å². The van der Waals surface area contributed by atoms with Gasteiger partial charge in [-0.05, 0) is 41.2 Å². The van der Waals surface area contributed by atoms with Gasteiger partial charge in [0.15, 0.2) is 0 Å². The Balaban J connectivity index is 0.00000289.